The molecule has 1 unspecified atom stereocenters. The van der Waals surface area contributed by atoms with E-state index in [1.54, 1.807) is 23.2 Å². The average Bonchev–Trinajstić information content (AvgIpc) is 3.06. The van der Waals surface area contributed by atoms with E-state index in [0.29, 0.717) is 24.7 Å². The lowest BCUT2D eigenvalue weighted by atomic mass is 10.1. The summed E-state index contributed by atoms with van der Waals surface area (Å²) in [5.41, 5.74) is 0.728. The van der Waals surface area contributed by atoms with Crippen molar-refractivity contribution in [3.8, 4) is 5.88 Å². The van der Waals surface area contributed by atoms with Crippen molar-refractivity contribution in [1.29, 1.82) is 0 Å². The monoisotopic (exact) mass is 323 g/mol. The predicted octanol–water partition coefficient (Wildman–Crippen LogP) is 2.91. The fraction of sp³-hybridized carbons (Fsp3) is 0.278. The van der Waals surface area contributed by atoms with Gasteiger partial charge in [-0.15, -0.1) is 0 Å². The van der Waals surface area contributed by atoms with E-state index in [9.17, 15) is 4.79 Å². The van der Waals surface area contributed by atoms with Gasteiger partial charge in [-0.2, -0.15) is 0 Å². The first-order chi connectivity index (χ1) is 11.8. The fourth-order valence-electron chi connectivity index (χ4n) is 2.98. The molecule has 0 bridgehead atoms. The molecule has 0 radical (unpaired) electrons. The number of carbonyl (C=O) groups excluding carboxylic acids is 1. The van der Waals surface area contributed by atoms with E-state index in [1.165, 1.54) is 6.33 Å². The number of aromatic nitrogens is 2. The van der Waals surface area contributed by atoms with Crippen LogP contribution >= 0.6 is 0 Å². The summed E-state index contributed by atoms with van der Waals surface area (Å²) in [5.74, 6) is 0.814. The number of benzene rings is 1. The minimum atomic E-state index is -0.0952. The Morgan fingerprint density at radius 2 is 2.21 bits per heavy atom. The maximum Gasteiger partial charge on any atom is 0.289 e. The van der Waals surface area contributed by atoms with Crippen LogP contribution in [0.1, 0.15) is 23.4 Å². The van der Waals surface area contributed by atoms with E-state index < -0.39 is 0 Å². The van der Waals surface area contributed by atoms with Crippen molar-refractivity contribution in [2.75, 3.05) is 13.1 Å². The van der Waals surface area contributed by atoms with Crippen molar-refractivity contribution in [3.05, 3.63) is 54.7 Å². The molecule has 0 spiro atoms. The van der Waals surface area contributed by atoms with Crippen LogP contribution in [-0.4, -0.2) is 40.0 Å². The standard InChI is InChI=1S/C18H17N3O3/c22-18(16-10-13-4-1-2-6-15(13)24-16)21-9-3-5-14(11-21)23-17-7-8-19-12-20-17/h1-2,4,6-8,10,12,14H,3,5,9,11H2. The van der Waals surface area contributed by atoms with Crippen LogP contribution in [0.2, 0.25) is 0 Å². The van der Waals surface area contributed by atoms with Crippen molar-refractivity contribution >= 4 is 16.9 Å². The number of amides is 1. The second kappa shape index (κ2) is 6.31. The van der Waals surface area contributed by atoms with Crippen LogP contribution in [0.15, 0.2) is 53.3 Å². The Labute approximate surface area is 139 Å². The molecule has 24 heavy (non-hydrogen) atoms. The summed E-state index contributed by atoms with van der Waals surface area (Å²) in [6.07, 6.45) is 4.81. The molecule has 4 rings (SSSR count). The number of hydrogen-bond acceptors (Lipinski definition) is 5. The molecular formula is C18H17N3O3. The van der Waals surface area contributed by atoms with E-state index in [4.69, 9.17) is 9.15 Å². The number of nitrogens with zero attached hydrogens (tertiary/aromatic N) is 3. The highest BCUT2D eigenvalue weighted by molar-refractivity contribution is 5.96. The van der Waals surface area contributed by atoms with Gasteiger partial charge in [-0.3, -0.25) is 4.79 Å². The molecule has 122 valence electrons. The third-order valence-electron chi connectivity index (χ3n) is 4.14. The summed E-state index contributed by atoms with van der Waals surface area (Å²) in [6.45, 7) is 1.24. The Hall–Kier alpha value is -2.89. The Bertz CT molecular complexity index is 814. The van der Waals surface area contributed by atoms with E-state index >= 15 is 0 Å². The summed E-state index contributed by atoms with van der Waals surface area (Å²) < 4.78 is 11.5. The number of rotatable bonds is 3. The van der Waals surface area contributed by atoms with Gasteiger partial charge >= 0.3 is 0 Å². The number of hydrogen-bond donors (Lipinski definition) is 0. The first-order valence-corrected chi connectivity index (χ1v) is 8.00. The molecule has 1 aliphatic heterocycles. The molecule has 1 atom stereocenters. The number of para-hydroxylation sites is 1. The molecule has 6 nitrogen and oxygen atoms in total. The quantitative estimate of drug-likeness (QED) is 0.741. The Kier molecular flexibility index (Phi) is 3.86. The van der Waals surface area contributed by atoms with Gasteiger partial charge in [0.1, 0.15) is 18.0 Å². The molecule has 3 heterocycles. The molecule has 1 fully saturated rings. The number of carbonyl (C=O) groups is 1. The molecule has 0 N–H and O–H groups in total. The van der Waals surface area contributed by atoms with Gasteiger partial charge in [0.2, 0.25) is 5.88 Å². The number of furan rings is 1. The third-order valence-corrected chi connectivity index (χ3v) is 4.14. The van der Waals surface area contributed by atoms with Gasteiger partial charge in [0.25, 0.3) is 5.91 Å². The van der Waals surface area contributed by atoms with Crippen molar-refractivity contribution in [2.24, 2.45) is 0 Å². The minimum Gasteiger partial charge on any atom is -0.472 e. The number of ether oxygens (including phenoxy) is 1. The van der Waals surface area contributed by atoms with Crippen LogP contribution in [-0.2, 0) is 0 Å². The highest BCUT2D eigenvalue weighted by Crippen LogP contribution is 2.22. The third kappa shape index (κ3) is 2.95. The van der Waals surface area contributed by atoms with Gasteiger partial charge in [-0.05, 0) is 25.0 Å². The van der Waals surface area contributed by atoms with Crippen LogP contribution in [0.3, 0.4) is 0 Å². The predicted molar refractivity (Wildman–Crippen MR) is 87.8 cm³/mol. The van der Waals surface area contributed by atoms with Crippen molar-refractivity contribution in [1.82, 2.24) is 14.9 Å². The van der Waals surface area contributed by atoms with E-state index in [0.717, 1.165) is 23.8 Å². The summed E-state index contributed by atoms with van der Waals surface area (Å²) in [4.78, 5) is 22.5. The lowest BCUT2D eigenvalue weighted by molar-refractivity contribution is 0.0502. The first kappa shape index (κ1) is 14.7. The van der Waals surface area contributed by atoms with Gasteiger partial charge in [-0.1, -0.05) is 18.2 Å². The molecular weight excluding hydrogens is 306 g/mol. The highest BCUT2D eigenvalue weighted by Gasteiger charge is 2.27. The van der Waals surface area contributed by atoms with E-state index in [2.05, 4.69) is 9.97 Å². The maximum atomic E-state index is 12.7. The zero-order valence-electron chi connectivity index (χ0n) is 13.1. The minimum absolute atomic E-state index is 0.0676. The zero-order valence-corrected chi connectivity index (χ0v) is 13.1. The van der Waals surface area contributed by atoms with Crippen LogP contribution < -0.4 is 4.74 Å². The van der Waals surface area contributed by atoms with Crippen LogP contribution in [0.4, 0.5) is 0 Å². The van der Waals surface area contributed by atoms with Gasteiger partial charge in [-0.25, -0.2) is 9.97 Å². The first-order valence-electron chi connectivity index (χ1n) is 8.00. The topological polar surface area (TPSA) is 68.5 Å². The number of fused-ring (bicyclic) bond motifs is 1. The van der Waals surface area contributed by atoms with Crippen molar-refractivity contribution < 1.29 is 13.9 Å². The maximum absolute atomic E-state index is 12.7. The lowest BCUT2D eigenvalue weighted by Gasteiger charge is -2.32. The average molecular weight is 323 g/mol. The summed E-state index contributed by atoms with van der Waals surface area (Å²) in [7, 11) is 0. The highest BCUT2D eigenvalue weighted by atomic mass is 16.5. The van der Waals surface area contributed by atoms with E-state index in [1.807, 2.05) is 24.3 Å². The molecule has 1 saturated heterocycles. The molecule has 3 aromatic rings. The summed E-state index contributed by atoms with van der Waals surface area (Å²) >= 11 is 0. The number of piperidine rings is 1. The number of likely N-dealkylation sites (tertiary alicyclic amines) is 1. The van der Waals surface area contributed by atoms with Crippen molar-refractivity contribution in [2.45, 2.75) is 18.9 Å². The van der Waals surface area contributed by atoms with Crippen LogP contribution in [0.5, 0.6) is 5.88 Å². The SMILES string of the molecule is O=C(c1cc2ccccc2o1)N1CCCC(Oc2ccncn2)C1. The second-order valence-electron chi connectivity index (χ2n) is 5.83. The van der Waals surface area contributed by atoms with Gasteiger partial charge in [0.05, 0.1) is 6.54 Å². The van der Waals surface area contributed by atoms with E-state index in [-0.39, 0.29) is 12.0 Å². The normalized spacial score (nSPS) is 17.8. The molecule has 1 aliphatic rings. The Morgan fingerprint density at radius 3 is 3.04 bits per heavy atom. The van der Waals surface area contributed by atoms with Gasteiger partial charge in [0, 0.05) is 24.2 Å². The molecule has 1 amide bonds. The lowest BCUT2D eigenvalue weighted by Crippen LogP contribution is -2.44. The Balaban J connectivity index is 1.48. The molecule has 2 aromatic heterocycles. The molecule has 0 aliphatic carbocycles. The molecule has 0 saturated carbocycles. The smallest absolute Gasteiger partial charge is 0.289 e. The van der Waals surface area contributed by atoms with Crippen LogP contribution in [0, 0.1) is 0 Å². The van der Waals surface area contributed by atoms with Gasteiger partial charge < -0.3 is 14.1 Å². The Morgan fingerprint density at radius 1 is 1.29 bits per heavy atom. The van der Waals surface area contributed by atoms with Crippen molar-refractivity contribution in [3.63, 3.8) is 0 Å². The second-order valence-corrected chi connectivity index (χ2v) is 5.83. The van der Waals surface area contributed by atoms with Gasteiger partial charge in [0.15, 0.2) is 5.76 Å². The largest absolute Gasteiger partial charge is 0.472 e. The molecule has 1 aromatic carbocycles. The summed E-state index contributed by atoms with van der Waals surface area (Å²) in [6, 6.07) is 11.1. The van der Waals surface area contributed by atoms with Crippen LogP contribution in [0.25, 0.3) is 11.0 Å². The molecule has 6 heteroatoms. The zero-order chi connectivity index (χ0) is 16.4. The summed E-state index contributed by atoms with van der Waals surface area (Å²) in [5, 5.41) is 0.937. The fourth-order valence-corrected chi connectivity index (χ4v) is 2.98.